The van der Waals surface area contributed by atoms with Gasteiger partial charge < -0.3 is 15.1 Å². The molecule has 4 nitrogen and oxygen atoms in total. The molecule has 1 N–H and O–H groups in total. The molecule has 0 aliphatic heterocycles. The smallest absolute Gasteiger partial charge is 0.321 e. The quantitative estimate of drug-likeness (QED) is 0.869. The van der Waals surface area contributed by atoms with Crippen molar-refractivity contribution in [1.29, 1.82) is 0 Å². The van der Waals surface area contributed by atoms with E-state index in [-0.39, 0.29) is 12.1 Å². The minimum Gasteiger partial charge on any atom is -0.372 e. The summed E-state index contributed by atoms with van der Waals surface area (Å²) in [5, 5.41) is 2.97. The highest BCUT2D eigenvalue weighted by Crippen LogP contribution is 2.20. The highest BCUT2D eigenvalue weighted by atomic mass is 32.2. The van der Waals surface area contributed by atoms with Crippen LogP contribution < -0.4 is 10.2 Å². The van der Waals surface area contributed by atoms with Crippen LogP contribution in [0.2, 0.25) is 0 Å². The van der Waals surface area contributed by atoms with Crippen LogP contribution in [0.1, 0.15) is 20.8 Å². The summed E-state index contributed by atoms with van der Waals surface area (Å²) in [6.45, 7) is 6.34. The van der Waals surface area contributed by atoms with E-state index in [2.05, 4.69) is 44.1 Å². The lowest BCUT2D eigenvalue weighted by atomic mass is 10.2. The van der Waals surface area contributed by atoms with Gasteiger partial charge in [0.05, 0.1) is 0 Å². The van der Waals surface area contributed by atoms with Gasteiger partial charge in [-0.2, -0.15) is 11.8 Å². The van der Waals surface area contributed by atoms with Gasteiger partial charge in [0.1, 0.15) is 0 Å². The Morgan fingerprint density at radius 1 is 1.29 bits per heavy atom. The number of carbonyl (C=O) groups is 1. The summed E-state index contributed by atoms with van der Waals surface area (Å²) in [5.74, 6) is 0.931. The summed E-state index contributed by atoms with van der Waals surface area (Å²) in [5.41, 5.74) is 1.93. The Morgan fingerprint density at radius 3 is 2.52 bits per heavy atom. The largest absolute Gasteiger partial charge is 0.372 e. The number of amides is 2. The van der Waals surface area contributed by atoms with Crippen LogP contribution in [0.5, 0.6) is 0 Å². The molecule has 0 aliphatic rings. The fraction of sp³-hybridized carbons (Fsp3) is 0.562. The lowest BCUT2D eigenvalue weighted by molar-refractivity contribution is 0.212. The molecular weight excluding hydrogens is 282 g/mol. The molecule has 0 unspecified atom stereocenters. The van der Waals surface area contributed by atoms with Crippen LogP contribution in [-0.2, 0) is 0 Å². The van der Waals surface area contributed by atoms with Crippen LogP contribution in [0, 0.1) is 0 Å². The van der Waals surface area contributed by atoms with E-state index in [9.17, 15) is 4.79 Å². The van der Waals surface area contributed by atoms with Crippen molar-refractivity contribution < 1.29 is 4.79 Å². The second-order valence-corrected chi connectivity index (χ2v) is 6.51. The van der Waals surface area contributed by atoms with E-state index in [0.717, 1.165) is 17.1 Å². The number of nitrogens with zero attached hydrogens (tertiary/aromatic N) is 2. The second-order valence-electron chi connectivity index (χ2n) is 5.60. The summed E-state index contributed by atoms with van der Waals surface area (Å²) in [6.07, 6.45) is 2.05. The van der Waals surface area contributed by atoms with Gasteiger partial charge in [0.15, 0.2) is 0 Å². The second kappa shape index (κ2) is 8.17. The maximum Gasteiger partial charge on any atom is 0.321 e. The topological polar surface area (TPSA) is 35.6 Å². The lowest BCUT2D eigenvalue weighted by Gasteiger charge is -2.26. The van der Waals surface area contributed by atoms with Gasteiger partial charge in [-0.05, 0) is 45.2 Å². The van der Waals surface area contributed by atoms with Crippen LogP contribution in [0.3, 0.4) is 0 Å². The first kappa shape index (κ1) is 17.7. The number of nitrogens with one attached hydrogen (secondary N) is 1. The number of carbonyl (C=O) groups excluding carboxylic acids is 1. The van der Waals surface area contributed by atoms with Crippen molar-refractivity contribution in [2.75, 3.05) is 36.3 Å². The molecule has 1 rings (SSSR count). The van der Waals surface area contributed by atoms with Gasteiger partial charge in [0.2, 0.25) is 0 Å². The molecule has 118 valence electrons. The van der Waals surface area contributed by atoms with E-state index in [1.54, 1.807) is 16.7 Å². The molecule has 0 aromatic heterocycles. The van der Waals surface area contributed by atoms with Gasteiger partial charge in [-0.25, -0.2) is 4.79 Å². The van der Waals surface area contributed by atoms with Gasteiger partial charge in [0, 0.05) is 43.3 Å². The van der Waals surface area contributed by atoms with Crippen LogP contribution in [0.25, 0.3) is 0 Å². The number of benzene rings is 1. The Kier molecular flexibility index (Phi) is 6.89. The molecule has 0 radical (unpaired) electrons. The van der Waals surface area contributed by atoms with E-state index < -0.39 is 0 Å². The summed E-state index contributed by atoms with van der Waals surface area (Å²) >= 11 is 1.74. The Hall–Kier alpha value is -1.36. The van der Waals surface area contributed by atoms with Crippen molar-refractivity contribution in [2.45, 2.75) is 32.9 Å². The third-order valence-electron chi connectivity index (χ3n) is 3.67. The zero-order valence-corrected chi connectivity index (χ0v) is 14.7. The minimum absolute atomic E-state index is 0.0686. The van der Waals surface area contributed by atoms with Crippen molar-refractivity contribution in [3.05, 3.63) is 24.3 Å². The van der Waals surface area contributed by atoms with Crippen LogP contribution in [0.4, 0.5) is 16.2 Å². The Balaban J connectivity index is 2.75. The first-order valence-electron chi connectivity index (χ1n) is 7.22. The maximum atomic E-state index is 12.2. The van der Waals surface area contributed by atoms with Crippen molar-refractivity contribution in [3.63, 3.8) is 0 Å². The molecule has 0 saturated heterocycles. The van der Waals surface area contributed by atoms with Gasteiger partial charge in [-0.3, -0.25) is 0 Å². The monoisotopic (exact) mass is 309 g/mol. The zero-order chi connectivity index (χ0) is 16.0. The molecule has 2 amide bonds. The lowest BCUT2D eigenvalue weighted by Crippen LogP contribution is -2.39. The molecule has 0 heterocycles. The van der Waals surface area contributed by atoms with Gasteiger partial charge in [0.25, 0.3) is 0 Å². The minimum atomic E-state index is -0.0686. The predicted octanol–water partition coefficient (Wildman–Crippen LogP) is 3.75. The van der Waals surface area contributed by atoms with Gasteiger partial charge >= 0.3 is 6.03 Å². The Morgan fingerprint density at radius 2 is 1.95 bits per heavy atom. The predicted molar refractivity (Wildman–Crippen MR) is 94.6 cm³/mol. The molecule has 0 spiro atoms. The highest BCUT2D eigenvalue weighted by Gasteiger charge is 2.15. The molecule has 1 aromatic rings. The number of hydrogen-bond donors (Lipinski definition) is 1. The average Bonchev–Trinajstić information content (AvgIpc) is 2.45. The SMILES string of the molecule is CSC[C@H](C)N(C)C(=O)Nc1cccc(N(C)C(C)C)c1. The molecule has 0 bridgehead atoms. The average molecular weight is 309 g/mol. The van der Waals surface area contributed by atoms with Crippen LogP contribution >= 0.6 is 11.8 Å². The fourth-order valence-corrected chi connectivity index (χ4v) is 2.57. The number of rotatable bonds is 6. The molecule has 0 aliphatic carbocycles. The number of urea groups is 1. The standard InChI is InChI=1S/C16H27N3OS/c1-12(2)18(4)15-9-7-8-14(10-15)17-16(20)19(5)13(3)11-21-6/h7-10,12-13H,11H2,1-6H3,(H,17,20)/t13-/m0/s1. The van der Waals surface area contributed by atoms with Crippen molar-refractivity contribution in [1.82, 2.24) is 4.90 Å². The van der Waals surface area contributed by atoms with Crippen molar-refractivity contribution >= 4 is 29.2 Å². The fourth-order valence-electron chi connectivity index (χ4n) is 1.87. The molecular formula is C16H27N3OS. The molecule has 0 saturated carbocycles. The summed E-state index contributed by atoms with van der Waals surface area (Å²) in [4.78, 5) is 16.2. The summed E-state index contributed by atoms with van der Waals surface area (Å²) in [7, 11) is 3.89. The number of thioether (sulfide) groups is 1. The van der Waals surface area contributed by atoms with Crippen LogP contribution in [0.15, 0.2) is 24.3 Å². The normalized spacial score (nSPS) is 12.1. The summed E-state index contributed by atoms with van der Waals surface area (Å²) in [6, 6.07) is 8.50. The van der Waals surface area contributed by atoms with E-state index in [4.69, 9.17) is 0 Å². The third-order valence-corrected chi connectivity index (χ3v) is 4.48. The Labute approximate surface area is 132 Å². The summed E-state index contributed by atoms with van der Waals surface area (Å²) < 4.78 is 0. The van der Waals surface area contributed by atoms with E-state index in [1.165, 1.54) is 0 Å². The van der Waals surface area contributed by atoms with E-state index in [0.29, 0.717) is 6.04 Å². The zero-order valence-electron chi connectivity index (χ0n) is 13.9. The molecule has 5 heteroatoms. The van der Waals surface area contributed by atoms with E-state index in [1.807, 2.05) is 31.5 Å². The van der Waals surface area contributed by atoms with Crippen LogP contribution in [-0.4, -0.2) is 49.1 Å². The molecule has 0 fully saturated rings. The van der Waals surface area contributed by atoms with E-state index >= 15 is 0 Å². The van der Waals surface area contributed by atoms with Crippen molar-refractivity contribution in [3.8, 4) is 0 Å². The molecule has 21 heavy (non-hydrogen) atoms. The number of hydrogen-bond acceptors (Lipinski definition) is 3. The first-order chi connectivity index (χ1) is 9.86. The third kappa shape index (κ3) is 5.16. The van der Waals surface area contributed by atoms with Gasteiger partial charge in [-0.15, -0.1) is 0 Å². The maximum absolute atomic E-state index is 12.2. The van der Waals surface area contributed by atoms with Gasteiger partial charge in [-0.1, -0.05) is 6.07 Å². The number of anilines is 2. The molecule has 1 atom stereocenters. The molecule has 1 aromatic carbocycles. The Bertz CT molecular complexity index is 465. The van der Waals surface area contributed by atoms with Crippen molar-refractivity contribution in [2.24, 2.45) is 0 Å². The first-order valence-corrected chi connectivity index (χ1v) is 8.61. The highest BCUT2D eigenvalue weighted by molar-refractivity contribution is 7.98.